The van der Waals surface area contributed by atoms with Gasteiger partial charge in [-0.2, -0.15) is 0 Å². The Balaban J connectivity index is 1.45. The highest BCUT2D eigenvalue weighted by molar-refractivity contribution is 5.92. The molecule has 1 N–H and O–H groups in total. The van der Waals surface area contributed by atoms with Crippen molar-refractivity contribution >= 4 is 22.4 Å². The second kappa shape index (κ2) is 7.02. The fourth-order valence-corrected chi connectivity index (χ4v) is 3.82. The number of carbonyl (C=O) groups is 1. The Kier molecular flexibility index (Phi) is 4.59. The highest BCUT2D eigenvalue weighted by Gasteiger charge is 2.28. The molecule has 1 fully saturated rings. The van der Waals surface area contributed by atoms with Gasteiger partial charge in [-0.15, -0.1) is 0 Å². The van der Waals surface area contributed by atoms with E-state index in [1.165, 1.54) is 22.0 Å². The Labute approximate surface area is 148 Å². The van der Waals surface area contributed by atoms with Crippen LogP contribution in [-0.4, -0.2) is 66.1 Å². The lowest BCUT2D eigenvalue weighted by molar-refractivity contribution is -0.140. The van der Waals surface area contributed by atoms with E-state index in [4.69, 9.17) is 4.74 Å². The number of para-hydroxylation sites is 1. The molecular formula is C20H25N3O2. The van der Waals surface area contributed by atoms with Crippen molar-refractivity contribution < 1.29 is 9.53 Å². The van der Waals surface area contributed by atoms with Crippen LogP contribution in [0.15, 0.2) is 36.5 Å². The third kappa shape index (κ3) is 3.22. The van der Waals surface area contributed by atoms with Gasteiger partial charge in [0.25, 0.3) is 0 Å². The number of nitrogens with zero attached hydrogens (tertiary/aromatic N) is 2. The summed E-state index contributed by atoms with van der Waals surface area (Å²) in [6.45, 7) is 6.52. The molecule has 3 heterocycles. The summed E-state index contributed by atoms with van der Waals surface area (Å²) in [4.78, 5) is 20.3. The van der Waals surface area contributed by atoms with Crippen molar-refractivity contribution in [3.63, 3.8) is 0 Å². The predicted molar refractivity (Wildman–Crippen MR) is 99.3 cm³/mol. The topological polar surface area (TPSA) is 48.6 Å². The van der Waals surface area contributed by atoms with Gasteiger partial charge >= 0.3 is 0 Å². The largest absolute Gasteiger partial charge is 0.378 e. The quantitative estimate of drug-likeness (QED) is 0.935. The minimum absolute atomic E-state index is 0.0705. The molecule has 4 rings (SSSR count). The Morgan fingerprint density at radius 3 is 2.76 bits per heavy atom. The number of carbonyl (C=O) groups excluding carboxylic acids is 1. The molecule has 0 bridgehead atoms. The summed E-state index contributed by atoms with van der Waals surface area (Å²) >= 11 is 0. The maximum Gasteiger partial charge on any atom is 0.239 e. The number of ether oxygens (including phenoxy) is 1. The third-order valence-electron chi connectivity index (χ3n) is 5.40. The molecule has 0 radical (unpaired) electrons. The number of hydrogen-bond donors (Lipinski definition) is 1. The number of H-pyrrole nitrogens is 1. The average Bonchev–Trinajstić information content (AvgIpc) is 3.12. The number of amides is 1. The van der Waals surface area contributed by atoms with Gasteiger partial charge in [0.05, 0.1) is 19.3 Å². The van der Waals surface area contributed by atoms with Crippen molar-refractivity contribution in [3.8, 4) is 0 Å². The first kappa shape index (κ1) is 16.4. The van der Waals surface area contributed by atoms with Crippen LogP contribution in [0.25, 0.3) is 16.5 Å². The molecule has 5 nitrogen and oxygen atoms in total. The minimum Gasteiger partial charge on any atom is -0.378 e. The molecule has 1 aromatic heterocycles. The number of aromatic amines is 1. The number of aromatic nitrogens is 1. The van der Waals surface area contributed by atoms with Crippen molar-refractivity contribution in [3.05, 3.63) is 42.1 Å². The molecule has 0 aliphatic carbocycles. The van der Waals surface area contributed by atoms with Gasteiger partial charge in [0, 0.05) is 48.8 Å². The van der Waals surface area contributed by atoms with Crippen molar-refractivity contribution in [1.29, 1.82) is 0 Å². The van der Waals surface area contributed by atoms with Gasteiger partial charge in [-0.25, -0.2) is 0 Å². The summed E-state index contributed by atoms with van der Waals surface area (Å²) in [5.74, 6) is 0.229. The third-order valence-corrected chi connectivity index (χ3v) is 5.40. The van der Waals surface area contributed by atoms with E-state index < -0.39 is 0 Å². The van der Waals surface area contributed by atoms with E-state index >= 15 is 0 Å². The standard InChI is InChI=1S/C20H25N3O2/c1-15(20(24)23-10-12-25-13-11-23)22-8-6-16(7-9-22)18-14-21-19-5-3-2-4-17(18)19/h2-6,14-15,21H,7-13H2,1H3/t15-/m1/s1. The molecule has 0 saturated carbocycles. The van der Waals surface area contributed by atoms with E-state index in [0.29, 0.717) is 26.3 Å². The molecule has 132 valence electrons. The SMILES string of the molecule is C[C@H](C(=O)N1CCOCC1)N1CC=C(c2c[nH]c3ccccc23)CC1. The molecule has 1 atom stereocenters. The lowest BCUT2D eigenvalue weighted by Crippen LogP contribution is -2.51. The van der Waals surface area contributed by atoms with E-state index in [1.54, 1.807) is 0 Å². The maximum atomic E-state index is 12.7. The molecule has 2 aliphatic rings. The van der Waals surface area contributed by atoms with E-state index in [-0.39, 0.29) is 11.9 Å². The zero-order chi connectivity index (χ0) is 17.2. The molecular weight excluding hydrogens is 314 g/mol. The predicted octanol–water partition coefficient (Wildman–Crippen LogP) is 2.50. The molecule has 0 spiro atoms. The number of nitrogens with one attached hydrogen (secondary N) is 1. The summed E-state index contributed by atoms with van der Waals surface area (Å²) in [6.07, 6.45) is 5.36. The van der Waals surface area contributed by atoms with Gasteiger partial charge in [0.15, 0.2) is 0 Å². The first-order valence-corrected chi connectivity index (χ1v) is 9.10. The van der Waals surface area contributed by atoms with Crippen molar-refractivity contribution in [2.24, 2.45) is 0 Å². The molecule has 2 aliphatic heterocycles. The summed E-state index contributed by atoms with van der Waals surface area (Å²) in [5, 5.41) is 1.28. The zero-order valence-corrected chi connectivity index (χ0v) is 14.7. The summed E-state index contributed by atoms with van der Waals surface area (Å²) in [5.41, 5.74) is 3.85. The van der Waals surface area contributed by atoms with Crippen LogP contribution in [0.2, 0.25) is 0 Å². The van der Waals surface area contributed by atoms with Gasteiger partial charge < -0.3 is 14.6 Å². The second-order valence-electron chi connectivity index (χ2n) is 6.84. The monoisotopic (exact) mass is 339 g/mol. The van der Waals surface area contributed by atoms with Crippen molar-refractivity contribution in [2.75, 3.05) is 39.4 Å². The first-order chi connectivity index (χ1) is 12.2. The van der Waals surface area contributed by atoms with Crippen LogP contribution < -0.4 is 0 Å². The Hall–Kier alpha value is -2.11. The first-order valence-electron chi connectivity index (χ1n) is 9.10. The van der Waals surface area contributed by atoms with Crippen LogP contribution in [0.5, 0.6) is 0 Å². The molecule has 1 amide bonds. The van der Waals surface area contributed by atoms with Crippen LogP contribution in [0, 0.1) is 0 Å². The molecule has 0 unspecified atom stereocenters. The Bertz CT molecular complexity index is 789. The van der Waals surface area contributed by atoms with Gasteiger partial charge in [-0.3, -0.25) is 9.69 Å². The average molecular weight is 339 g/mol. The minimum atomic E-state index is -0.0705. The van der Waals surface area contributed by atoms with E-state index in [2.05, 4.69) is 46.4 Å². The fraction of sp³-hybridized carbons (Fsp3) is 0.450. The van der Waals surface area contributed by atoms with E-state index in [1.807, 2.05) is 11.8 Å². The van der Waals surface area contributed by atoms with Gasteiger partial charge in [-0.05, 0) is 25.0 Å². The summed E-state index contributed by atoms with van der Waals surface area (Å²) in [7, 11) is 0. The van der Waals surface area contributed by atoms with Gasteiger partial charge in [0.2, 0.25) is 5.91 Å². The number of fused-ring (bicyclic) bond motifs is 1. The second-order valence-corrected chi connectivity index (χ2v) is 6.84. The number of hydrogen-bond acceptors (Lipinski definition) is 3. The number of benzene rings is 1. The van der Waals surface area contributed by atoms with Crippen LogP contribution >= 0.6 is 0 Å². The normalized spacial score (nSPS) is 20.5. The highest BCUT2D eigenvalue weighted by atomic mass is 16.5. The molecule has 5 heteroatoms. The lowest BCUT2D eigenvalue weighted by Gasteiger charge is -2.35. The number of morpholine rings is 1. The van der Waals surface area contributed by atoms with Crippen LogP contribution in [-0.2, 0) is 9.53 Å². The van der Waals surface area contributed by atoms with Crippen LogP contribution in [0.4, 0.5) is 0 Å². The molecule has 25 heavy (non-hydrogen) atoms. The van der Waals surface area contributed by atoms with Gasteiger partial charge in [-0.1, -0.05) is 24.3 Å². The van der Waals surface area contributed by atoms with E-state index in [9.17, 15) is 4.79 Å². The number of rotatable bonds is 3. The maximum absolute atomic E-state index is 12.7. The molecule has 1 saturated heterocycles. The van der Waals surface area contributed by atoms with Crippen LogP contribution in [0.1, 0.15) is 18.9 Å². The molecule has 2 aromatic rings. The molecule has 1 aromatic carbocycles. The van der Waals surface area contributed by atoms with Crippen LogP contribution in [0.3, 0.4) is 0 Å². The summed E-state index contributed by atoms with van der Waals surface area (Å²) in [6, 6.07) is 8.34. The van der Waals surface area contributed by atoms with E-state index in [0.717, 1.165) is 19.5 Å². The van der Waals surface area contributed by atoms with Crippen molar-refractivity contribution in [2.45, 2.75) is 19.4 Å². The zero-order valence-electron chi connectivity index (χ0n) is 14.7. The Morgan fingerprint density at radius 1 is 1.20 bits per heavy atom. The summed E-state index contributed by atoms with van der Waals surface area (Å²) < 4.78 is 5.35. The smallest absolute Gasteiger partial charge is 0.239 e. The lowest BCUT2D eigenvalue weighted by atomic mass is 9.98. The fourth-order valence-electron chi connectivity index (χ4n) is 3.82. The highest BCUT2D eigenvalue weighted by Crippen LogP contribution is 2.29. The van der Waals surface area contributed by atoms with Gasteiger partial charge in [0.1, 0.15) is 0 Å². The Morgan fingerprint density at radius 2 is 2.00 bits per heavy atom. The van der Waals surface area contributed by atoms with Crippen molar-refractivity contribution in [1.82, 2.24) is 14.8 Å².